The van der Waals surface area contributed by atoms with Crippen molar-refractivity contribution < 1.29 is 0 Å². The Morgan fingerprint density at radius 1 is 0.500 bits per heavy atom. The van der Waals surface area contributed by atoms with Crippen molar-refractivity contribution in [1.29, 1.82) is 0 Å². The van der Waals surface area contributed by atoms with Gasteiger partial charge in [0, 0.05) is 0 Å². The van der Waals surface area contributed by atoms with Crippen molar-refractivity contribution in [3.63, 3.8) is 0 Å². The summed E-state index contributed by atoms with van der Waals surface area (Å²) in [6.45, 7) is 0. The number of halogens is 2. The summed E-state index contributed by atoms with van der Waals surface area (Å²) in [5, 5.41) is 0. The molecule has 68 valence electrons. The zero-order chi connectivity index (χ0) is 7.15. The summed E-state index contributed by atoms with van der Waals surface area (Å²) >= 11 is -0.900. The van der Waals surface area contributed by atoms with E-state index in [1.807, 2.05) is 0 Å². The molecular formula is C6H20Cl2Sb2. The van der Waals surface area contributed by atoms with Crippen LogP contribution >= 0.6 is 24.8 Å². The average molecular weight is 407 g/mol. The molecule has 10 heavy (non-hydrogen) atoms. The van der Waals surface area contributed by atoms with Gasteiger partial charge in [0.05, 0.1) is 0 Å². The molecule has 0 N–H and O–H groups in total. The van der Waals surface area contributed by atoms with Gasteiger partial charge in [0.25, 0.3) is 0 Å². The minimum atomic E-state index is -0.450. The van der Waals surface area contributed by atoms with Crippen LogP contribution in [0.5, 0.6) is 0 Å². The Morgan fingerprint density at radius 3 is 0.500 bits per heavy atom. The third-order valence-electron chi connectivity index (χ3n) is 0. The van der Waals surface area contributed by atoms with Gasteiger partial charge in [-0.2, -0.15) is 0 Å². The fourth-order valence-electron chi connectivity index (χ4n) is 0. The Balaban J connectivity index is -0.0000000300. The molecule has 4 heteroatoms. The molecule has 0 saturated heterocycles. The molecule has 0 aromatic carbocycles. The Morgan fingerprint density at radius 2 is 0.500 bits per heavy atom. The average Bonchev–Trinajstić information content (AvgIpc) is 1.25. The van der Waals surface area contributed by atoms with E-state index in [0.29, 0.717) is 0 Å². The summed E-state index contributed by atoms with van der Waals surface area (Å²) in [6.07, 6.45) is 0. The monoisotopic (exact) mass is 404 g/mol. The van der Waals surface area contributed by atoms with Gasteiger partial charge in [0.1, 0.15) is 0 Å². The first-order chi connectivity index (χ1) is 3.46. The second-order valence-corrected chi connectivity index (χ2v) is 18.0. The van der Waals surface area contributed by atoms with Gasteiger partial charge in [-0.1, -0.05) is 0 Å². The molecule has 0 aliphatic carbocycles. The van der Waals surface area contributed by atoms with Crippen molar-refractivity contribution in [2.75, 3.05) is 0 Å². The van der Waals surface area contributed by atoms with E-state index in [4.69, 9.17) is 0 Å². The summed E-state index contributed by atoms with van der Waals surface area (Å²) in [7, 11) is 0. The first-order valence-electron chi connectivity index (χ1n) is 2.68. The second-order valence-electron chi connectivity index (χ2n) is 2.68. The summed E-state index contributed by atoms with van der Waals surface area (Å²) < 4.78 is 0. The quantitative estimate of drug-likeness (QED) is 0.540. The molecule has 0 heterocycles. The Hall–Kier alpha value is 2.22. The van der Waals surface area contributed by atoms with Crippen LogP contribution in [0.1, 0.15) is 0 Å². The number of hydrogen-bond acceptors (Lipinski definition) is 0. The second kappa shape index (κ2) is 17.3. The van der Waals surface area contributed by atoms with Gasteiger partial charge in [-0.3, -0.25) is 0 Å². The molecule has 0 fully saturated rings. The van der Waals surface area contributed by atoms with Crippen molar-refractivity contribution in [2.45, 2.75) is 29.2 Å². The molecule has 0 atom stereocenters. The van der Waals surface area contributed by atoms with E-state index in [9.17, 15) is 0 Å². The van der Waals surface area contributed by atoms with Gasteiger partial charge in [-0.15, -0.1) is 24.8 Å². The maximum absolute atomic E-state index is 2.35. The molecule has 0 spiro atoms. The predicted octanol–water partition coefficient (Wildman–Crippen LogP) is 3.58. The van der Waals surface area contributed by atoms with E-state index in [0.717, 1.165) is 0 Å². The third kappa shape index (κ3) is 177. The van der Waals surface area contributed by atoms with Crippen LogP contribution in [0.4, 0.5) is 0 Å². The first-order valence-corrected chi connectivity index (χ1v) is 18.0. The van der Waals surface area contributed by atoms with Crippen LogP contribution in [-0.2, 0) is 0 Å². The molecule has 0 aliphatic rings. The summed E-state index contributed by atoms with van der Waals surface area (Å²) in [5.74, 6) is 0. The predicted molar refractivity (Wildman–Crippen MR) is 61.2 cm³/mol. The van der Waals surface area contributed by atoms with Crippen LogP contribution in [0.25, 0.3) is 0 Å². The molecule has 0 aromatic heterocycles. The van der Waals surface area contributed by atoms with Gasteiger partial charge >= 0.3 is 69.6 Å². The van der Waals surface area contributed by atoms with E-state index in [-0.39, 0.29) is 24.8 Å². The van der Waals surface area contributed by atoms with Gasteiger partial charge in [0.15, 0.2) is 0 Å². The van der Waals surface area contributed by atoms with Crippen LogP contribution in [-0.4, -0.2) is 40.4 Å². The third-order valence-corrected chi connectivity index (χ3v) is 0. The molecule has 0 aromatic rings. The van der Waals surface area contributed by atoms with E-state index in [1.54, 1.807) is 0 Å². The molecule has 0 saturated carbocycles. The summed E-state index contributed by atoms with van der Waals surface area (Å²) in [4.78, 5) is 14.1. The molecule has 0 amide bonds. The Kier molecular flexibility index (Phi) is 39.5. The topological polar surface area (TPSA) is 0 Å². The minimum absolute atomic E-state index is 0. The van der Waals surface area contributed by atoms with E-state index in [1.165, 1.54) is 0 Å². The van der Waals surface area contributed by atoms with Gasteiger partial charge in [-0.05, 0) is 0 Å². The Bertz CT molecular complexity index is 29.2. The molecule has 0 rings (SSSR count). The summed E-state index contributed by atoms with van der Waals surface area (Å²) in [6, 6.07) is 0. The number of rotatable bonds is 0. The van der Waals surface area contributed by atoms with E-state index in [2.05, 4.69) is 29.2 Å². The van der Waals surface area contributed by atoms with Crippen LogP contribution in [0.3, 0.4) is 0 Å². The molecule has 0 nitrogen and oxygen atoms in total. The van der Waals surface area contributed by atoms with Crippen LogP contribution < -0.4 is 0 Å². The standard InChI is InChI=1S/6CH3.2ClH.2Sb/h6*1H3;2*1H;;. The molecule has 0 bridgehead atoms. The molecule has 0 aliphatic heterocycles. The van der Waals surface area contributed by atoms with Crippen molar-refractivity contribution in [1.82, 2.24) is 0 Å². The summed E-state index contributed by atoms with van der Waals surface area (Å²) in [5.41, 5.74) is 0. The van der Waals surface area contributed by atoms with Gasteiger partial charge < -0.3 is 0 Å². The number of hydrogen-bond donors (Lipinski definition) is 0. The van der Waals surface area contributed by atoms with Crippen molar-refractivity contribution in [3.8, 4) is 0 Å². The normalized spacial score (nSPS) is 7.20. The molecular weight excluding hydrogens is 386 g/mol. The molecule has 0 radical (unpaired) electrons. The zero-order valence-corrected chi connectivity index (χ0v) is 14.4. The zero-order valence-electron chi connectivity index (χ0n) is 7.71. The van der Waals surface area contributed by atoms with E-state index < -0.39 is 40.4 Å². The van der Waals surface area contributed by atoms with Gasteiger partial charge in [-0.25, -0.2) is 0 Å². The van der Waals surface area contributed by atoms with Crippen LogP contribution in [0.2, 0.25) is 29.2 Å². The SMILES string of the molecule is Cl.Cl.[CH3][Sb]([CH3])[CH3].[CH3][Sb]([CH3])[CH3]. The van der Waals surface area contributed by atoms with Crippen molar-refractivity contribution in [2.24, 2.45) is 0 Å². The van der Waals surface area contributed by atoms with Crippen LogP contribution in [0.15, 0.2) is 0 Å². The fourth-order valence-corrected chi connectivity index (χ4v) is 0. The van der Waals surface area contributed by atoms with Crippen molar-refractivity contribution >= 4 is 65.2 Å². The van der Waals surface area contributed by atoms with E-state index >= 15 is 0 Å². The Labute approximate surface area is 93.3 Å². The van der Waals surface area contributed by atoms with Crippen molar-refractivity contribution in [3.05, 3.63) is 0 Å². The molecule has 0 unspecified atom stereocenters. The first kappa shape index (κ1) is 22.8. The van der Waals surface area contributed by atoms with Gasteiger partial charge in [0.2, 0.25) is 0 Å². The maximum atomic E-state index is 2.35. The van der Waals surface area contributed by atoms with Crippen LogP contribution in [0, 0.1) is 0 Å². The fraction of sp³-hybridized carbons (Fsp3) is 1.00.